The van der Waals surface area contributed by atoms with E-state index >= 15 is 0 Å². The first-order chi connectivity index (χ1) is 8.63. The normalized spacial score (nSPS) is 35.2. The summed E-state index contributed by atoms with van der Waals surface area (Å²) in [5, 5.41) is 0. The molecule has 0 aliphatic carbocycles. The van der Waals surface area contributed by atoms with E-state index in [9.17, 15) is 4.79 Å². The fraction of sp³-hybridized carbons (Fsp3) is 0.923. The van der Waals surface area contributed by atoms with Crippen LogP contribution in [0.25, 0.3) is 0 Å². The molecule has 18 heavy (non-hydrogen) atoms. The van der Waals surface area contributed by atoms with Crippen molar-refractivity contribution in [2.24, 2.45) is 0 Å². The molecular weight excluding hydrogens is 236 g/mol. The van der Waals surface area contributed by atoms with Gasteiger partial charge in [0.05, 0.1) is 25.7 Å². The standard InChI is InChI=1S/C13H22O5/c1-3-4-6-16-12(14)8-13(2)17-9-11-10(18-13)5-7-15-11/h10-11H,3-9H2,1-2H3/t10-,11-,13-/m1/s1. The first-order valence-corrected chi connectivity index (χ1v) is 6.72. The number of hydrogen-bond acceptors (Lipinski definition) is 5. The summed E-state index contributed by atoms with van der Waals surface area (Å²) in [6.07, 6.45) is 2.98. The Morgan fingerprint density at radius 2 is 2.28 bits per heavy atom. The first-order valence-electron chi connectivity index (χ1n) is 6.72. The van der Waals surface area contributed by atoms with E-state index in [-0.39, 0.29) is 24.6 Å². The Morgan fingerprint density at radius 1 is 1.44 bits per heavy atom. The van der Waals surface area contributed by atoms with Crippen LogP contribution in [0.2, 0.25) is 0 Å². The van der Waals surface area contributed by atoms with Crippen molar-refractivity contribution in [2.45, 2.75) is 57.5 Å². The molecule has 2 aliphatic heterocycles. The lowest BCUT2D eigenvalue weighted by molar-refractivity contribution is -0.303. The maximum absolute atomic E-state index is 11.7. The van der Waals surface area contributed by atoms with Crippen LogP contribution in [-0.2, 0) is 23.7 Å². The molecule has 0 aromatic rings. The van der Waals surface area contributed by atoms with Gasteiger partial charge >= 0.3 is 5.97 Å². The van der Waals surface area contributed by atoms with E-state index in [0.717, 1.165) is 19.3 Å². The number of carbonyl (C=O) groups excluding carboxylic acids is 1. The van der Waals surface area contributed by atoms with Gasteiger partial charge in [0.25, 0.3) is 0 Å². The van der Waals surface area contributed by atoms with Crippen molar-refractivity contribution in [2.75, 3.05) is 19.8 Å². The molecule has 0 bridgehead atoms. The molecule has 2 saturated heterocycles. The van der Waals surface area contributed by atoms with E-state index in [1.807, 2.05) is 0 Å². The smallest absolute Gasteiger partial charge is 0.311 e. The number of rotatable bonds is 5. The minimum absolute atomic E-state index is 0.0224. The van der Waals surface area contributed by atoms with Crippen LogP contribution in [0.15, 0.2) is 0 Å². The van der Waals surface area contributed by atoms with Crippen LogP contribution in [0.3, 0.4) is 0 Å². The van der Waals surface area contributed by atoms with Gasteiger partial charge in [0.1, 0.15) is 6.10 Å². The van der Waals surface area contributed by atoms with Crippen molar-refractivity contribution in [1.29, 1.82) is 0 Å². The molecule has 0 unspecified atom stereocenters. The van der Waals surface area contributed by atoms with Gasteiger partial charge in [-0.05, 0) is 19.8 Å². The zero-order chi connectivity index (χ0) is 13.0. The summed E-state index contributed by atoms with van der Waals surface area (Å²) in [4.78, 5) is 11.7. The molecule has 0 spiro atoms. The van der Waals surface area contributed by atoms with Gasteiger partial charge in [0.15, 0.2) is 5.79 Å². The van der Waals surface area contributed by atoms with E-state index in [1.54, 1.807) is 6.92 Å². The fourth-order valence-electron chi connectivity index (χ4n) is 2.27. The minimum atomic E-state index is -0.863. The third-order valence-electron chi connectivity index (χ3n) is 3.33. The lowest BCUT2D eigenvalue weighted by Gasteiger charge is -2.39. The van der Waals surface area contributed by atoms with Crippen LogP contribution in [-0.4, -0.2) is 43.8 Å². The van der Waals surface area contributed by atoms with E-state index < -0.39 is 5.79 Å². The van der Waals surface area contributed by atoms with Crippen LogP contribution >= 0.6 is 0 Å². The largest absolute Gasteiger partial charge is 0.466 e. The lowest BCUT2D eigenvalue weighted by Crippen LogP contribution is -2.49. The fourth-order valence-corrected chi connectivity index (χ4v) is 2.27. The predicted octanol–water partition coefficient (Wildman–Crippen LogP) is 1.64. The summed E-state index contributed by atoms with van der Waals surface area (Å²) < 4.78 is 22.0. The number of fused-ring (bicyclic) bond motifs is 1. The van der Waals surface area contributed by atoms with Crippen molar-refractivity contribution in [3.8, 4) is 0 Å². The second kappa shape index (κ2) is 5.99. The quantitative estimate of drug-likeness (QED) is 0.554. The average Bonchev–Trinajstić information content (AvgIpc) is 2.75. The van der Waals surface area contributed by atoms with E-state index in [4.69, 9.17) is 18.9 Å². The van der Waals surface area contributed by atoms with Gasteiger partial charge in [-0.1, -0.05) is 13.3 Å². The molecule has 2 rings (SSSR count). The van der Waals surface area contributed by atoms with Crippen molar-refractivity contribution >= 4 is 5.97 Å². The van der Waals surface area contributed by atoms with Gasteiger partial charge in [0.2, 0.25) is 0 Å². The van der Waals surface area contributed by atoms with Crippen molar-refractivity contribution < 1.29 is 23.7 Å². The van der Waals surface area contributed by atoms with Gasteiger partial charge < -0.3 is 18.9 Å². The van der Waals surface area contributed by atoms with E-state index in [1.165, 1.54) is 0 Å². The molecule has 0 saturated carbocycles. The summed E-state index contributed by atoms with van der Waals surface area (Å²) in [5.41, 5.74) is 0. The Hall–Kier alpha value is -0.650. The Bertz CT molecular complexity index is 293. The molecule has 5 heteroatoms. The average molecular weight is 258 g/mol. The summed E-state index contributed by atoms with van der Waals surface area (Å²) in [7, 11) is 0. The van der Waals surface area contributed by atoms with Crippen LogP contribution < -0.4 is 0 Å². The van der Waals surface area contributed by atoms with Crippen molar-refractivity contribution in [3.63, 3.8) is 0 Å². The summed E-state index contributed by atoms with van der Waals surface area (Å²) in [5.74, 6) is -1.12. The molecule has 2 fully saturated rings. The monoisotopic (exact) mass is 258 g/mol. The lowest BCUT2D eigenvalue weighted by atomic mass is 10.1. The molecule has 3 atom stereocenters. The molecule has 104 valence electrons. The van der Waals surface area contributed by atoms with Crippen LogP contribution in [0.5, 0.6) is 0 Å². The second-order valence-corrected chi connectivity index (χ2v) is 5.05. The number of ether oxygens (including phenoxy) is 4. The SMILES string of the molecule is CCCCOC(=O)C[C@]1(C)OC[C@H]2OCC[C@H]2O1. The van der Waals surface area contributed by atoms with E-state index in [0.29, 0.717) is 19.8 Å². The Balaban J connectivity index is 1.78. The molecule has 2 heterocycles. The van der Waals surface area contributed by atoms with Gasteiger partial charge in [-0.2, -0.15) is 0 Å². The number of hydrogen-bond donors (Lipinski definition) is 0. The zero-order valence-electron chi connectivity index (χ0n) is 11.1. The zero-order valence-corrected chi connectivity index (χ0v) is 11.1. The highest BCUT2D eigenvalue weighted by Gasteiger charge is 2.44. The molecule has 0 radical (unpaired) electrons. The first kappa shape index (κ1) is 13.8. The summed E-state index contributed by atoms with van der Waals surface area (Å²) in [6.45, 7) is 5.52. The Morgan fingerprint density at radius 3 is 3.06 bits per heavy atom. The maximum atomic E-state index is 11.7. The highest BCUT2D eigenvalue weighted by Crippen LogP contribution is 2.32. The molecule has 5 nitrogen and oxygen atoms in total. The highest BCUT2D eigenvalue weighted by molar-refractivity contribution is 5.70. The topological polar surface area (TPSA) is 54.0 Å². The number of unbranched alkanes of at least 4 members (excludes halogenated alkanes) is 1. The molecule has 2 aliphatic rings. The Labute approximate surface area is 108 Å². The van der Waals surface area contributed by atoms with Crippen LogP contribution in [0.4, 0.5) is 0 Å². The van der Waals surface area contributed by atoms with Gasteiger partial charge in [-0.3, -0.25) is 4.79 Å². The van der Waals surface area contributed by atoms with Gasteiger partial charge in [-0.25, -0.2) is 0 Å². The molecular formula is C13H22O5. The maximum Gasteiger partial charge on any atom is 0.311 e. The number of carbonyl (C=O) groups is 1. The molecule has 0 N–H and O–H groups in total. The third-order valence-corrected chi connectivity index (χ3v) is 3.33. The van der Waals surface area contributed by atoms with Crippen molar-refractivity contribution in [1.82, 2.24) is 0 Å². The van der Waals surface area contributed by atoms with Crippen LogP contribution in [0, 0.1) is 0 Å². The summed E-state index contributed by atoms with van der Waals surface area (Å²) >= 11 is 0. The second-order valence-electron chi connectivity index (χ2n) is 5.05. The minimum Gasteiger partial charge on any atom is -0.466 e. The van der Waals surface area contributed by atoms with Crippen LogP contribution in [0.1, 0.15) is 39.5 Å². The van der Waals surface area contributed by atoms with Gasteiger partial charge in [-0.15, -0.1) is 0 Å². The summed E-state index contributed by atoms with van der Waals surface area (Å²) in [6, 6.07) is 0. The number of esters is 1. The third kappa shape index (κ3) is 3.43. The molecule has 0 aromatic heterocycles. The molecule has 0 aromatic carbocycles. The van der Waals surface area contributed by atoms with E-state index in [2.05, 4.69) is 6.92 Å². The Kier molecular flexibility index (Phi) is 4.59. The van der Waals surface area contributed by atoms with Gasteiger partial charge in [0, 0.05) is 6.61 Å². The predicted molar refractivity (Wildman–Crippen MR) is 64.1 cm³/mol. The highest BCUT2D eigenvalue weighted by atomic mass is 16.7. The molecule has 0 amide bonds. The van der Waals surface area contributed by atoms with Crippen molar-refractivity contribution in [3.05, 3.63) is 0 Å².